The lowest BCUT2D eigenvalue weighted by Gasteiger charge is -2.23. The maximum atomic E-state index is 13.1. The number of hydrogen-bond donors (Lipinski definition) is 2. The van der Waals surface area contributed by atoms with E-state index in [0.717, 1.165) is 42.7 Å². The van der Waals surface area contributed by atoms with Gasteiger partial charge in [-0.2, -0.15) is 0 Å². The van der Waals surface area contributed by atoms with E-state index in [2.05, 4.69) is 10.0 Å². The van der Waals surface area contributed by atoms with Crippen molar-refractivity contribution in [1.29, 1.82) is 0 Å². The molecule has 0 aliphatic carbocycles. The van der Waals surface area contributed by atoms with Crippen LogP contribution < -0.4 is 10.0 Å². The average molecular weight is 478 g/mol. The molecule has 0 spiro atoms. The van der Waals surface area contributed by atoms with Crippen molar-refractivity contribution in [3.63, 3.8) is 0 Å². The van der Waals surface area contributed by atoms with Crippen LogP contribution in [0, 0.1) is 5.82 Å². The summed E-state index contributed by atoms with van der Waals surface area (Å²) >= 11 is 0. The molecule has 0 aromatic heterocycles. The predicted octanol–water partition coefficient (Wildman–Crippen LogP) is 1.47. The summed E-state index contributed by atoms with van der Waals surface area (Å²) in [6.45, 7) is 0.575. The van der Waals surface area contributed by atoms with Crippen molar-refractivity contribution < 1.29 is 27.1 Å². The van der Waals surface area contributed by atoms with Crippen molar-refractivity contribution in [2.24, 2.45) is 0 Å². The Labute approximate surface area is 193 Å². The predicted molar refractivity (Wildman–Crippen MR) is 120 cm³/mol. The summed E-state index contributed by atoms with van der Waals surface area (Å²) in [5.41, 5.74) is 0.988. The Bertz CT molecular complexity index is 1030. The molecule has 33 heavy (non-hydrogen) atoms. The molecule has 178 valence electrons. The molecule has 2 aromatic carbocycles. The molecule has 1 heterocycles. The monoisotopic (exact) mass is 477 g/mol. The van der Waals surface area contributed by atoms with Gasteiger partial charge < -0.3 is 15.0 Å². The van der Waals surface area contributed by atoms with Crippen molar-refractivity contribution >= 4 is 21.8 Å². The quantitative estimate of drug-likeness (QED) is 0.510. The number of carbonyl (C=O) groups is 2. The molecular weight excluding hydrogens is 449 g/mol. The van der Waals surface area contributed by atoms with Crippen LogP contribution in [0.4, 0.5) is 4.39 Å². The number of rotatable bonds is 11. The SMILES string of the molecule is O=C(CN(CCc1ccccc1)C(=O)CNS(=O)(=O)c1ccc(F)cc1)NCC1CCCO1. The molecule has 10 heteroatoms. The highest BCUT2D eigenvalue weighted by Gasteiger charge is 2.22. The highest BCUT2D eigenvalue weighted by Crippen LogP contribution is 2.11. The molecule has 3 rings (SSSR count). The Kier molecular flexibility index (Phi) is 8.93. The molecule has 1 aliphatic heterocycles. The van der Waals surface area contributed by atoms with E-state index in [1.807, 2.05) is 30.3 Å². The van der Waals surface area contributed by atoms with E-state index in [9.17, 15) is 22.4 Å². The highest BCUT2D eigenvalue weighted by molar-refractivity contribution is 7.89. The summed E-state index contributed by atoms with van der Waals surface area (Å²) in [6, 6.07) is 13.8. The van der Waals surface area contributed by atoms with E-state index >= 15 is 0 Å². The molecular formula is C23H28FN3O5S. The minimum Gasteiger partial charge on any atom is -0.376 e. The zero-order chi connectivity index (χ0) is 23.7. The molecule has 1 atom stereocenters. The van der Waals surface area contributed by atoms with E-state index in [4.69, 9.17) is 4.74 Å². The third-order valence-corrected chi connectivity index (χ3v) is 6.71. The molecule has 2 N–H and O–H groups in total. The molecule has 1 fully saturated rings. The minimum atomic E-state index is -4.00. The van der Waals surface area contributed by atoms with E-state index < -0.39 is 28.3 Å². The molecule has 1 saturated heterocycles. The van der Waals surface area contributed by atoms with Crippen LogP contribution in [0.25, 0.3) is 0 Å². The number of nitrogens with zero attached hydrogens (tertiary/aromatic N) is 1. The Morgan fingerprint density at radius 1 is 1.09 bits per heavy atom. The van der Waals surface area contributed by atoms with Gasteiger partial charge in [-0.05, 0) is 49.1 Å². The van der Waals surface area contributed by atoms with Gasteiger partial charge in [-0.3, -0.25) is 9.59 Å². The largest absolute Gasteiger partial charge is 0.376 e. The van der Waals surface area contributed by atoms with Crippen LogP contribution in [0.15, 0.2) is 59.5 Å². The van der Waals surface area contributed by atoms with Crippen LogP contribution in [0.5, 0.6) is 0 Å². The van der Waals surface area contributed by atoms with Gasteiger partial charge in [0, 0.05) is 19.7 Å². The number of amides is 2. The van der Waals surface area contributed by atoms with Gasteiger partial charge in [0.25, 0.3) is 0 Å². The van der Waals surface area contributed by atoms with Crippen molar-refractivity contribution in [2.45, 2.75) is 30.3 Å². The number of benzene rings is 2. The van der Waals surface area contributed by atoms with Crippen molar-refractivity contribution in [3.8, 4) is 0 Å². The molecule has 1 unspecified atom stereocenters. The van der Waals surface area contributed by atoms with Crippen LogP contribution in [-0.2, 0) is 30.8 Å². The van der Waals surface area contributed by atoms with Crippen molar-refractivity contribution in [1.82, 2.24) is 14.9 Å². The number of nitrogens with one attached hydrogen (secondary N) is 2. The van der Waals surface area contributed by atoms with Gasteiger partial charge in [-0.25, -0.2) is 17.5 Å². The molecule has 1 aliphatic rings. The lowest BCUT2D eigenvalue weighted by atomic mass is 10.1. The number of ether oxygens (including phenoxy) is 1. The molecule has 0 saturated carbocycles. The summed E-state index contributed by atoms with van der Waals surface area (Å²) in [5.74, 6) is -1.44. The van der Waals surface area contributed by atoms with Crippen molar-refractivity contribution in [2.75, 3.05) is 32.8 Å². The second-order valence-corrected chi connectivity index (χ2v) is 9.54. The Balaban J connectivity index is 1.60. The number of halogens is 1. The van der Waals surface area contributed by atoms with E-state index in [1.165, 1.54) is 4.90 Å². The third kappa shape index (κ3) is 7.92. The maximum absolute atomic E-state index is 13.1. The fourth-order valence-electron chi connectivity index (χ4n) is 3.43. The minimum absolute atomic E-state index is 0.0232. The Morgan fingerprint density at radius 2 is 1.82 bits per heavy atom. The summed E-state index contributed by atoms with van der Waals surface area (Å²) in [5, 5.41) is 2.78. The van der Waals surface area contributed by atoms with Crippen LogP contribution in [-0.4, -0.2) is 64.0 Å². The fourth-order valence-corrected chi connectivity index (χ4v) is 4.40. The number of carbonyl (C=O) groups excluding carboxylic acids is 2. The Morgan fingerprint density at radius 3 is 2.48 bits per heavy atom. The molecule has 2 aromatic rings. The van der Waals surface area contributed by atoms with E-state index in [-0.39, 0.29) is 30.0 Å². The lowest BCUT2D eigenvalue weighted by Crippen LogP contribution is -2.46. The second kappa shape index (κ2) is 11.9. The Hall–Kier alpha value is -2.82. The van der Waals surface area contributed by atoms with Crippen LogP contribution in [0.1, 0.15) is 18.4 Å². The summed E-state index contributed by atoms with van der Waals surface area (Å²) in [7, 11) is -4.00. The van der Waals surface area contributed by atoms with E-state index in [0.29, 0.717) is 19.6 Å². The molecule has 0 radical (unpaired) electrons. The summed E-state index contributed by atoms with van der Waals surface area (Å²) < 4.78 is 45.7. The smallest absolute Gasteiger partial charge is 0.241 e. The second-order valence-electron chi connectivity index (χ2n) is 7.77. The third-order valence-electron chi connectivity index (χ3n) is 5.29. The summed E-state index contributed by atoms with van der Waals surface area (Å²) in [6.07, 6.45) is 2.32. The normalized spacial score (nSPS) is 15.8. The summed E-state index contributed by atoms with van der Waals surface area (Å²) in [4.78, 5) is 26.4. The zero-order valence-electron chi connectivity index (χ0n) is 18.2. The lowest BCUT2D eigenvalue weighted by molar-refractivity contribution is -0.135. The first-order chi connectivity index (χ1) is 15.8. The first kappa shape index (κ1) is 24.8. The van der Waals surface area contributed by atoms with Gasteiger partial charge in [-0.15, -0.1) is 0 Å². The maximum Gasteiger partial charge on any atom is 0.241 e. The van der Waals surface area contributed by atoms with Gasteiger partial charge in [0.05, 0.1) is 24.1 Å². The standard InChI is InChI=1S/C23H28FN3O5S/c24-19-8-10-21(11-9-19)33(30,31)26-16-23(29)27(13-12-18-5-2-1-3-6-18)17-22(28)25-15-20-7-4-14-32-20/h1-3,5-6,8-11,20,26H,4,7,12-17H2,(H,25,28). The molecule has 2 amide bonds. The topological polar surface area (TPSA) is 105 Å². The number of sulfonamides is 1. The highest BCUT2D eigenvalue weighted by atomic mass is 32.2. The van der Waals surface area contributed by atoms with Crippen LogP contribution in [0.2, 0.25) is 0 Å². The number of hydrogen-bond acceptors (Lipinski definition) is 5. The first-order valence-corrected chi connectivity index (χ1v) is 12.3. The molecule has 8 nitrogen and oxygen atoms in total. The average Bonchev–Trinajstić information content (AvgIpc) is 3.33. The van der Waals surface area contributed by atoms with Gasteiger partial charge in [0.2, 0.25) is 21.8 Å². The molecule has 0 bridgehead atoms. The van der Waals surface area contributed by atoms with E-state index in [1.54, 1.807) is 0 Å². The first-order valence-electron chi connectivity index (χ1n) is 10.8. The van der Waals surface area contributed by atoms with Gasteiger partial charge in [0.1, 0.15) is 5.82 Å². The van der Waals surface area contributed by atoms with Crippen LogP contribution >= 0.6 is 0 Å². The zero-order valence-corrected chi connectivity index (χ0v) is 19.0. The van der Waals surface area contributed by atoms with Gasteiger partial charge in [0.15, 0.2) is 0 Å². The van der Waals surface area contributed by atoms with Crippen molar-refractivity contribution in [3.05, 3.63) is 66.0 Å². The van der Waals surface area contributed by atoms with Crippen LogP contribution in [0.3, 0.4) is 0 Å². The van der Waals surface area contributed by atoms with Gasteiger partial charge >= 0.3 is 0 Å². The fraction of sp³-hybridized carbons (Fsp3) is 0.391. The van der Waals surface area contributed by atoms with Gasteiger partial charge in [-0.1, -0.05) is 30.3 Å².